The van der Waals surface area contributed by atoms with Crippen LogP contribution >= 0.6 is 0 Å². The Kier molecular flexibility index (Phi) is 4.99. The summed E-state index contributed by atoms with van der Waals surface area (Å²) < 4.78 is 10.8. The molecular weight excluding hydrogens is 192 g/mol. The maximum absolute atomic E-state index is 6.05. The fraction of sp³-hybridized carbons (Fsp3) is 1.00. The van der Waals surface area contributed by atoms with Gasteiger partial charge >= 0.3 is 0 Å². The maximum Gasteiger partial charge on any atom is 0.0971 e. The highest BCUT2D eigenvalue weighted by Gasteiger charge is 2.33. The van der Waals surface area contributed by atoms with Crippen LogP contribution in [0, 0.1) is 5.92 Å². The highest BCUT2D eigenvalue weighted by atomic mass is 16.5. The fourth-order valence-corrected chi connectivity index (χ4v) is 1.93. The number of hydrogen-bond acceptors (Lipinski definition) is 4. The Morgan fingerprint density at radius 3 is 2.00 bits per heavy atom. The van der Waals surface area contributed by atoms with Gasteiger partial charge in [0.25, 0.3) is 0 Å². The number of methoxy groups -OCH3 is 2. The van der Waals surface area contributed by atoms with E-state index in [1.165, 1.54) is 0 Å². The molecule has 0 aromatic carbocycles. The number of nitrogens with two attached hydrogens (primary N) is 1. The smallest absolute Gasteiger partial charge is 0.0971 e. The molecule has 1 heterocycles. The molecule has 90 valence electrons. The van der Waals surface area contributed by atoms with E-state index in [1.54, 1.807) is 14.2 Å². The third kappa shape index (κ3) is 3.41. The van der Waals surface area contributed by atoms with Crippen molar-refractivity contribution >= 4 is 0 Å². The monoisotopic (exact) mass is 216 g/mol. The van der Waals surface area contributed by atoms with E-state index in [9.17, 15) is 0 Å². The molecule has 4 heteroatoms. The van der Waals surface area contributed by atoms with Crippen LogP contribution in [0.25, 0.3) is 0 Å². The van der Waals surface area contributed by atoms with Gasteiger partial charge in [0, 0.05) is 39.9 Å². The third-order valence-corrected chi connectivity index (χ3v) is 3.22. The van der Waals surface area contributed by atoms with Crippen molar-refractivity contribution < 1.29 is 9.47 Å². The second-order valence-corrected chi connectivity index (χ2v) is 4.67. The highest BCUT2D eigenvalue weighted by Crippen LogP contribution is 2.16. The number of hydrogen-bond donors (Lipinski definition) is 1. The summed E-state index contributed by atoms with van der Waals surface area (Å²) >= 11 is 0. The lowest BCUT2D eigenvalue weighted by Crippen LogP contribution is -2.40. The van der Waals surface area contributed by atoms with Crippen LogP contribution in [0.3, 0.4) is 0 Å². The van der Waals surface area contributed by atoms with E-state index >= 15 is 0 Å². The van der Waals surface area contributed by atoms with E-state index in [4.69, 9.17) is 15.2 Å². The van der Waals surface area contributed by atoms with Crippen molar-refractivity contribution in [3.05, 3.63) is 0 Å². The van der Waals surface area contributed by atoms with Crippen molar-refractivity contribution in [1.82, 2.24) is 4.90 Å². The highest BCUT2D eigenvalue weighted by molar-refractivity contribution is 4.87. The number of ether oxygens (including phenoxy) is 2. The molecule has 1 aliphatic heterocycles. The molecule has 1 aliphatic rings. The molecule has 0 aliphatic carbocycles. The summed E-state index contributed by atoms with van der Waals surface area (Å²) in [5.41, 5.74) is 6.05. The fourth-order valence-electron chi connectivity index (χ4n) is 1.93. The second-order valence-electron chi connectivity index (χ2n) is 4.67. The van der Waals surface area contributed by atoms with Crippen LogP contribution in [0.2, 0.25) is 0 Å². The van der Waals surface area contributed by atoms with E-state index in [-0.39, 0.29) is 18.2 Å². The van der Waals surface area contributed by atoms with E-state index < -0.39 is 0 Å². The molecule has 0 saturated carbocycles. The zero-order chi connectivity index (χ0) is 11.4. The lowest BCUT2D eigenvalue weighted by Gasteiger charge is -2.22. The summed E-state index contributed by atoms with van der Waals surface area (Å²) in [5.74, 6) is 0.521. The Balaban J connectivity index is 2.40. The molecule has 3 unspecified atom stereocenters. The molecule has 0 amide bonds. The summed E-state index contributed by atoms with van der Waals surface area (Å²) in [6.07, 6.45) is 0.378. The molecule has 2 N–H and O–H groups in total. The first kappa shape index (κ1) is 12.9. The van der Waals surface area contributed by atoms with Crippen LogP contribution in [0.1, 0.15) is 13.8 Å². The quantitative estimate of drug-likeness (QED) is 0.719. The minimum Gasteiger partial charge on any atom is -0.377 e. The van der Waals surface area contributed by atoms with Crippen molar-refractivity contribution in [2.75, 3.05) is 33.9 Å². The zero-order valence-electron chi connectivity index (χ0n) is 10.3. The molecule has 1 saturated heterocycles. The van der Waals surface area contributed by atoms with Crippen LogP contribution in [-0.2, 0) is 9.47 Å². The number of nitrogens with zero attached hydrogens (tertiary/aromatic N) is 1. The van der Waals surface area contributed by atoms with Gasteiger partial charge in [-0.25, -0.2) is 0 Å². The molecule has 1 fully saturated rings. The van der Waals surface area contributed by atoms with Gasteiger partial charge in [0.1, 0.15) is 0 Å². The standard InChI is InChI=1S/C11H24N2O2/c1-8(2)9(12)5-13-6-10(14-3)11(7-13)15-4/h8-11H,5-7,12H2,1-4H3. The van der Waals surface area contributed by atoms with E-state index in [2.05, 4.69) is 18.7 Å². The number of rotatable bonds is 5. The second kappa shape index (κ2) is 5.80. The number of likely N-dealkylation sites (tertiary alicyclic amines) is 1. The van der Waals surface area contributed by atoms with Crippen molar-refractivity contribution in [3.63, 3.8) is 0 Å². The van der Waals surface area contributed by atoms with Gasteiger partial charge in [0.05, 0.1) is 12.2 Å². The minimum absolute atomic E-state index is 0.189. The Morgan fingerprint density at radius 2 is 1.67 bits per heavy atom. The van der Waals surface area contributed by atoms with Crippen LogP contribution in [0.4, 0.5) is 0 Å². The van der Waals surface area contributed by atoms with Gasteiger partial charge in [-0.15, -0.1) is 0 Å². The summed E-state index contributed by atoms with van der Waals surface area (Å²) in [6, 6.07) is 0.234. The average molecular weight is 216 g/mol. The molecule has 0 spiro atoms. The maximum atomic E-state index is 6.05. The lowest BCUT2D eigenvalue weighted by molar-refractivity contribution is -0.00461. The Labute approximate surface area is 92.7 Å². The first-order chi connectivity index (χ1) is 7.08. The zero-order valence-corrected chi connectivity index (χ0v) is 10.3. The van der Waals surface area contributed by atoms with Crippen LogP contribution < -0.4 is 5.73 Å². The summed E-state index contributed by atoms with van der Waals surface area (Å²) in [5, 5.41) is 0. The molecular formula is C11H24N2O2. The third-order valence-electron chi connectivity index (χ3n) is 3.22. The van der Waals surface area contributed by atoms with Crippen LogP contribution in [0.5, 0.6) is 0 Å². The van der Waals surface area contributed by atoms with Gasteiger partial charge in [0.15, 0.2) is 0 Å². The van der Waals surface area contributed by atoms with Crippen molar-refractivity contribution in [3.8, 4) is 0 Å². The first-order valence-corrected chi connectivity index (χ1v) is 5.62. The topological polar surface area (TPSA) is 47.7 Å². The predicted octanol–water partition coefficient (Wildman–Crippen LogP) is 0.315. The van der Waals surface area contributed by atoms with Crippen molar-refractivity contribution in [2.45, 2.75) is 32.1 Å². The SMILES string of the molecule is COC1CN(CC(N)C(C)C)CC1OC. The predicted molar refractivity (Wildman–Crippen MR) is 60.8 cm³/mol. The van der Waals surface area contributed by atoms with Gasteiger partial charge in [-0.05, 0) is 5.92 Å². The Hall–Kier alpha value is -0.160. The van der Waals surface area contributed by atoms with Crippen LogP contribution in [-0.4, -0.2) is 57.0 Å². The average Bonchev–Trinajstić information content (AvgIpc) is 2.59. The molecule has 1 rings (SSSR count). The normalized spacial score (nSPS) is 30.0. The first-order valence-electron chi connectivity index (χ1n) is 5.62. The molecule has 0 radical (unpaired) electrons. The Morgan fingerprint density at radius 1 is 1.20 bits per heavy atom. The van der Waals surface area contributed by atoms with Crippen molar-refractivity contribution in [1.29, 1.82) is 0 Å². The van der Waals surface area contributed by atoms with Gasteiger partial charge in [-0.2, -0.15) is 0 Å². The summed E-state index contributed by atoms with van der Waals surface area (Å²) in [7, 11) is 3.48. The van der Waals surface area contributed by atoms with Crippen LogP contribution in [0.15, 0.2) is 0 Å². The van der Waals surface area contributed by atoms with Gasteiger partial charge in [0.2, 0.25) is 0 Å². The van der Waals surface area contributed by atoms with E-state index in [0.29, 0.717) is 5.92 Å². The van der Waals surface area contributed by atoms with Gasteiger partial charge in [-0.1, -0.05) is 13.8 Å². The molecule has 15 heavy (non-hydrogen) atoms. The molecule has 0 aromatic heterocycles. The molecule has 0 aromatic rings. The minimum atomic E-state index is 0.189. The lowest BCUT2D eigenvalue weighted by atomic mass is 10.1. The molecule has 3 atom stereocenters. The van der Waals surface area contributed by atoms with E-state index in [0.717, 1.165) is 19.6 Å². The van der Waals surface area contributed by atoms with Gasteiger partial charge in [-0.3, -0.25) is 4.90 Å². The summed E-state index contributed by atoms with van der Waals surface area (Å²) in [6.45, 7) is 7.09. The largest absolute Gasteiger partial charge is 0.377 e. The van der Waals surface area contributed by atoms with E-state index in [1.807, 2.05) is 0 Å². The molecule has 0 bridgehead atoms. The summed E-state index contributed by atoms with van der Waals surface area (Å²) in [4.78, 5) is 2.33. The Bertz CT molecular complexity index is 175. The molecule has 4 nitrogen and oxygen atoms in total. The van der Waals surface area contributed by atoms with Crippen molar-refractivity contribution in [2.24, 2.45) is 11.7 Å². The van der Waals surface area contributed by atoms with Gasteiger partial charge < -0.3 is 15.2 Å².